The Balaban J connectivity index is 1.73. The van der Waals surface area contributed by atoms with Crippen molar-refractivity contribution < 1.29 is 13.2 Å². The lowest BCUT2D eigenvalue weighted by Gasteiger charge is -2.31. The Hall–Kier alpha value is -2.26. The van der Waals surface area contributed by atoms with Gasteiger partial charge >= 0.3 is 0 Å². The summed E-state index contributed by atoms with van der Waals surface area (Å²) in [4.78, 5) is 31.0. The third kappa shape index (κ3) is 3.94. The second kappa shape index (κ2) is 7.55. The van der Waals surface area contributed by atoms with Crippen LogP contribution in [0.25, 0.3) is 10.9 Å². The van der Waals surface area contributed by atoms with Crippen LogP contribution in [-0.4, -0.2) is 47.4 Å². The number of benzene rings is 1. The van der Waals surface area contributed by atoms with Crippen molar-refractivity contribution in [3.63, 3.8) is 0 Å². The molecule has 8 nitrogen and oxygen atoms in total. The highest BCUT2D eigenvalue weighted by Gasteiger charge is 2.31. The first-order chi connectivity index (χ1) is 12.4. The van der Waals surface area contributed by atoms with E-state index >= 15 is 0 Å². The molecule has 0 spiro atoms. The van der Waals surface area contributed by atoms with Gasteiger partial charge in [0.2, 0.25) is 15.9 Å². The Kier molecular flexibility index (Phi) is 5.38. The molecule has 3 rings (SSSR count). The minimum Gasteiger partial charge on any atom is -0.326 e. The maximum absolute atomic E-state index is 12.6. The molecule has 1 aromatic carbocycles. The number of amides is 1. The Morgan fingerprint density at radius 1 is 1.42 bits per heavy atom. The van der Waals surface area contributed by atoms with E-state index in [2.05, 4.69) is 15.3 Å². The van der Waals surface area contributed by atoms with Crippen molar-refractivity contribution >= 4 is 32.5 Å². The highest BCUT2D eigenvalue weighted by molar-refractivity contribution is 7.89. The van der Waals surface area contributed by atoms with Gasteiger partial charge in [-0.1, -0.05) is 6.92 Å². The van der Waals surface area contributed by atoms with Gasteiger partial charge in [-0.2, -0.15) is 0 Å². The summed E-state index contributed by atoms with van der Waals surface area (Å²) in [5, 5.41) is 3.18. The summed E-state index contributed by atoms with van der Waals surface area (Å²) >= 11 is 0. The van der Waals surface area contributed by atoms with E-state index in [1.165, 1.54) is 10.6 Å². The summed E-state index contributed by atoms with van der Waals surface area (Å²) in [6, 6.07) is 4.92. The number of nitrogens with one attached hydrogen (secondary N) is 2. The maximum Gasteiger partial charge on any atom is 0.258 e. The zero-order valence-electron chi connectivity index (χ0n) is 14.6. The normalized spacial score (nSPS) is 18.7. The largest absolute Gasteiger partial charge is 0.326 e. The van der Waals surface area contributed by atoms with E-state index in [1.807, 2.05) is 6.92 Å². The second-order valence-electron chi connectivity index (χ2n) is 6.47. The number of fused-ring (bicyclic) bond motifs is 1. The monoisotopic (exact) mass is 378 g/mol. The van der Waals surface area contributed by atoms with Gasteiger partial charge in [0, 0.05) is 18.8 Å². The van der Waals surface area contributed by atoms with Crippen LogP contribution in [0.2, 0.25) is 0 Å². The zero-order chi connectivity index (χ0) is 18.7. The molecular formula is C17H22N4O4S. The topological polar surface area (TPSA) is 112 Å². The van der Waals surface area contributed by atoms with Crippen molar-refractivity contribution in [3.8, 4) is 0 Å². The number of anilines is 1. The molecule has 0 radical (unpaired) electrons. The third-order valence-electron chi connectivity index (χ3n) is 4.52. The van der Waals surface area contributed by atoms with Gasteiger partial charge in [0.25, 0.3) is 5.56 Å². The molecule has 2 N–H and O–H groups in total. The van der Waals surface area contributed by atoms with Crippen LogP contribution in [0.4, 0.5) is 5.69 Å². The van der Waals surface area contributed by atoms with E-state index in [9.17, 15) is 18.0 Å². The fourth-order valence-corrected chi connectivity index (χ4v) is 4.78. The number of aromatic nitrogens is 2. The lowest BCUT2D eigenvalue weighted by molar-refractivity contribution is -0.120. The van der Waals surface area contributed by atoms with Crippen LogP contribution in [0.1, 0.15) is 26.2 Å². The Morgan fingerprint density at radius 2 is 2.23 bits per heavy atom. The highest BCUT2D eigenvalue weighted by Crippen LogP contribution is 2.22. The van der Waals surface area contributed by atoms with Gasteiger partial charge in [0.05, 0.1) is 28.9 Å². The van der Waals surface area contributed by atoms with Crippen molar-refractivity contribution in [2.45, 2.75) is 26.2 Å². The molecule has 1 saturated heterocycles. The van der Waals surface area contributed by atoms with Crippen LogP contribution in [0.5, 0.6) is 0 Å². The number of carbonyl (C=O) groups excluding carboxylic acids is 1. The Labute approximate surface area is 151 Å². The molecule has 1 aromatic heterocycles. The van der Waals surface area contributed by atoms with E-state index in [4.69, 9.17) is 0 Å². The van der Waals surface area contributed by atoms with Crippen LogP contribution >= 0.6 is 0 Å². The minimum absolute atomic E-state index is 0.0990. The van der Waals surface area contributed by atoms with E-state index in [1.54, 1.807) is 18.2 Å². The smallest absolute Gasteiger partial charge is 0.258 e. The van der Waals surface area contributed by atoms with Crippen molar-refractivity contribution in [1.82, 2.24) is 14.3 Å². The molecule has 1 fully saturated rings. The number of aromatic amines is 1. The number of hydrogen-bond donors (Lipinski definition) is 2. The number of rotatable bonds is 5. The van der Waals surface area contributed by atoms with E-state index in [0.717, 1.165) is 0 Å². The number of piperidine rings is 1. The average Bonchev–Trinajstić information content (AvgIpc) is 2.62. The van der Waals surface area contributed by atoms with Gasteiger partial charge in [-0.3, -0.25) is 9.59 Å². The Bertz CT molecular complexity index is 970. The summed E-state index contributed by atoms with van der Waals surface area (Å²) in [5.41, 5.74) is 0.761. The molecular weight excluding hydrogens is 356 g/mol. The van der Waals surface area contributed by atoms with Crippen LogP contribution in [0.3, 0.4) is 0 Å². The van der Waals surface area contributed by atoms with Crippen LogP contribution in [0.15, 0.2) is 29.3 Å². The van der Waals surface area contributed by atoms with Crippen molar-refractivity contribution in [1.29, 1.82) is 0 Å². The molecule has 140 valence electrons. The standard InChI is InChI=1S/C17H22N4O4S/c1-2-8-26(24,25)21-7-3-4-12(10-21)16(22)20-13-5-6-15-14(9-13)17(23)19-11-18-15/h5-6,9,11-12H,2-4,7-8,10H2,1H3,(H,20,22)(H,18,19,23). The molecule has 1 amide bonds. The van der Waals surface area contributed by atoms with Gasteiger partial charge in [0.1, 0.15) is 0 Å². The molecule has 1 aliphatic heterocycles. The summed E-state index contributed by atoms with van der Waals surface area (Å²) < 4.78 is 25.9. The first-order valence-corrected chi connectivity index (χ1v) is 10.3. The quantitative estimate of drug-likeness (QED) is 0.815. The summed E-state index contributed by atoms with van der Waals surface area (Å²) in [7, 11) is -3.31. The predicted molar refractivity (Wildman–Crippen MR) is 99.4 cm³/mol. The molecule has 1 atom stereocenters. The zero-order valence-corrected chi connectivity index (χ0v) is 15.4. The number of carbonyl (C=O) groups is 1. The molecule has 9 heteroatoms. The van der Waals surface area contributed by atoms with Crippen molar-refractivity contribution in [3.05, 3.63) is 34.9 Å². The minimum atomic E-state index is -3.31. The molecule has 2 aromatic rings. The number of sulfonamides is 1. The van der Waals surface area contributed by atoms with E-state index in [-0.39, 0.29) is 23.8 Å². The second-order valence-corrected chi connectivity index (χ2v) is 8.55. The van der Waals surface area contributed by atoms with Gasteiger partial charge in [0.15, 0.2) is 0 Å². The lowest BCUT2D eigenvalue weighted by atomic mass is 9.98. The Morgan fingerprint density at radius 3 is 3.00 bits per heavy atom. The van der Waals surface area contributed by atoms with Crippen molar-refractivity contribution in [2.24, 2.45) is 5.92 Å². The van der Waals surface area contributed by atoms with Crippen LogP contribution in [0, 0.1) is 5.92 Å². The molecule has 0 aliphatic carbocycles. The molecule has 26 heavy (non-hydrogen) atoms. The fourth-order valence-electron chi connectivity index (χ4n) is 3.19. The number of H-pyrrole nitrogens is 1. The first-order valence-electron chi connectivity index (χ1n) is 8.67. The maximum atomic E-state index is 12.6. The summed E-state index contributed by atoms with van der Waals surface area (Å²) in [6.07, 6.45) is 3.17. The van der Waals surface area contributed by atoms with Gasteiger partial charge < -0.3 is 10.3 Å². The lowest BCUT2D eigenvalue weighted by Crippen LogP contribution is -2.44. The van der Waals surface area contributed by atoms with Gasteiger partial charge in [-0.05, 0) is 37.5 Å². The number of hydrogen-bond acceptors (Lipinski definition) is 5. The van der Waals surface area contributed by atoms with Crippen molar-refractivity contribution in [2.75, 3.05) is 24.2 Å². The van der Waals surface area contributed by atoms with E-state index in [0.29, 0.717) is 42.4 Å². The first kappa shape index (κ1) is 18.5. The fraction of sp³-hybridized carbons (Fsp3) is 0.471. The van der Waals surface area contributed by atoms with E-state index < -0.39 is 15.9 Å². The third-order valence-corrected chi connectivity index (χ3v) is 6.56. The molecule has 0 saturated carbocycles. The van der Waals surface area contributed by atoms with Gasteiger partial charge in [-0.15, -0.1) is 0 Å². The molecule has 1 aliphatic rings. The predicted octanol–water partition coefficient (Wildman–Crippen LogP) is 1.31. The number of nitrogens with zero attached hydrogens (tertiary/aromatic N) is 2. The van der Waals surface area contributed by atoms with Gasteiger partial charge in [-0.25, -0.2) is 17.7 Å². The molecule has 1 unspecified atom stereocenters. The summed E-state index contributed by atoms with van der Waals surface area (Å²) in [5.74, 6) is -0.541. The molecule has 2 heterocycles. The SMILES string of the molecule is CCCS(=O)(=O)N1CCCC(C(=O)Nc2ccc3nc[nH]c(=O)c3c2)C1. The molecule has 0 bridgehead atoms. The highest BCUT2D eigenvalue weighted by atomic mass is 32.2. The summed E-state index contributed by atoms with van der Waals surface area (Å²) in [6.45, 7) is 2.48. The van der Waals surface area contributed by atoms with Crippen LogP contribution < -0.4 is 10.9 Å². The average molecular weight is 378 g/mol. The van der Waals surface area contributed by atoms with Crippen LogP contribution in [-0.2, 0) is 14.8 Å².